The normalized spacial score (nSPS) is 27.4. The van der Waals surface area contributed by atoms with Crippen LogP contribution in [0.25, 0.3) is 0 Å². The molecule has 1 atom stereocenters. The van der Waals surface area contributed by atoms with Crippen LogP contribution in [0.4, 0.5) is 0 Å². The van der Waals surface area contributed by atoms with Gasteiger partial charge in [0, 0.05) is 32.5 Å². The zero-order valence-electron chi connectivity index (χ0n) is 10.3. The SMILES string of the molecule is COC(C)CNC1CCC2(CC1)OCCO2. The smallest absolute Gasteiger partial charge is 0.168 e. The minimum Gasteiger partial charge on any atom is -0.380 e. The molecule has 1 N–H and O–H groups in total. The van der Waals surface area contributed by atoms with Crippen molar-refractivity contribution < 1.29 is 14.2 Å². The molecule has 1 saturated carbocycles. The monoisotopic (exact) mass is 229 g/mol. The van der Waals surface area contributed by atoms with Crippen molar-refractivity contribution in [2.24, 2.45) is 0 Å². The molecule has 1 aliphatic heterocycles. The summed E-state index contributed by atoms with van der Waals surface area (Å²) in [5.74, 6) is -0.231. The van der Waals surface area contributed by atoms with Gasteiger partial charge in [-0.25, -0.2) is 0 Å². The molecule has 2 fully saturated rings. The summed E-state index contributed by atoms with van der Waals surface area (Å²) in [6.45, 7) is 4.54. The molecule has 0 aromatic rings. The molecule has 0 aromatic heterocycles. The molecule has 1 spiro atoms. The van der Waals surface area contributed by atoms with Gasteiger partial charge in [0.1, 0.15) is 0 Å². The Morgan fingerprint density at radius 2 is 1.94 bits per heavy atom. The summed E-state index contributed by atoms with van der Waals surface area (Å²) in [4.78, 5) is 0. The van der Waals surface area contributed by atoms with Crippen molar-refractivity contribution in [3.8, 4) is 0 Å². The third kappa shape index (κ3) is 2.94. The summed E-state index contributed by atoms with van der Waals surface area (Å²) < 4.78 is 16.6. The molecule has 1 aliphatic carbocycles. The van der Waals surface area contributed by atoms with E-state index in [1.165, 1.54) is 0 Å². The van der Waals surface area contributed by atoms with Gasteiger partial charge in [0.05, 0.1) is 19.3 Å². The van der Waals surface area contributed by atoms with Crippen molar-refractivity contribution in [2.75, 3.05) is 26.9 Å². The molecule has 1 saturated heterocycles. The number of hydrogen-bond acceptors (Lipinski definition) is 4. The Morgan fingerprint density at radius 3 is 2.50 bits per heavy atom. The number of ether oxygens (including phenoxy) is 3. The molecule has 1 unspecified atom stereocenters. The molecule has 2 aliphatic rings. The average molecular weight is 229 g/mol. The Kier molecular flexibility index (Phi) is 4.19. The molecule has 4 heteroatoms. The second-order valence-electron chi connectivity index (χ2n) is 4.84. The summed E-state index contributed by atoms with van der Waals surface area (Å²) in [5, 5.41) is 3.54. The summed E-state index contributed by atoms with van der Waals surface area (Å²) in [6.07, 6.45) is 4.60. The fraction of sp³-hybridized carbons (Fsp3) is 1.00. The van der Waals surface area contributed by atoms with Crippen LogP contribution in [-0.2, 0) is 14.2 Å². The van der Waals surface area contributed by atoms with E-state index in [2.05, 4.69) is 12.2 Å². The standard InChI is InChI=1S/C12H23NO3/c1-10(14-2)9-13-11-3-5-12(6-4-11)15-7-8-16-12/h10-11,13H,3-9H2,1-2H3. The van der Waals surface area contributed by atoms with E-state index in [1.54, 1.807) is 7.11 Å². The van der Waals surface area contributed by atoms with Crippen LogP contribution in [0.1, 0.15) is 32.6 Å². The lowest BCUT2D eigenvalue weighted by Crippen LogP contribution is -2.43. The average Bonchev–Trinajstić information content (AvgIpc) is 2.77. The van der Waals surface area contributed by atoms with E-state index in [9.17, 15) is 0 Å². The van der Waals surface area contributed by atoms with E-state index in [0.717, 1.165) is 45.4 Å². The minimum absolute atomic E-state index is 0.231. The largest absolute Gasteiger partial charge is 0.380 e. The van der Waals surface area contributed by atoms with E-state index in [-0.39, 0.29) is 11.9 Å². The fourth-order valence-corrected chi connectivity index (χ4v) is 2.46. The topological polar surface area (TPSA) is 39.7 Å². The Balaban J connectivity index is 1.69. The van der Waals surface area contributed by atoms with Crippen molar-refractivity contribution in [2.45, 2.75) is 50.5 Å². The highest BCUT2D eigenvalue weighted by molar-refractivity contribution is 4.85. The number of methoxy groups -OCH3 is 1. The maximum atomic E-state index is 5.70. The molecule has 0 aromatic carbocycles. The Bertz CT molecular complexity index is 206. The highest BCUT2D eigenvalue weighted by Gasteiger charge is 2.40. The van der Waals surface area contributed by atoms with Crippen LogP contribution in [-0.4, -0.2) is 44.8 Å². The van der Waals surface area contributed by atoms with Gasteiger partial charge in [-0.15, -0.1) is 0 Å². The molecule has 16 heavy (non-hydrogen) atoms. The van der Waals surface area contributed by atoms with Crippen LogP contribution >= 0.6 is 0 Å². The highest BCUT2D eigenvalue weighted by Crippen LogP contribution is 2.35. The van der Waals surface area contributed by atoms with Gasteiger partial charge in [0.15, 0.2) is 5.79 Å². The molecular formula is C12H23NO3. The molecule has 0 bridgehead atoms. The lowest BCUT2D eigenvalue weighted by Gasteiger charge is -2.36. The Morgan fingerprint density at radius 1 is 1.31 bits per heavy atom. The van der Waals surface area contributed by atoms with Gasteiger partial charge < -0.3 is 19.5 Å². The molecule has 2 rings (SSSR count). The van der Waals surface area contributed by atoms with Crippen LogP contribution in [0.15, 0.2) is 0 Å². The van der Waals surface area contributed by atoms with Crippen LogP contribution in [0.5, 0.6) is 0 Å². The van der Waals surface area contributed by atoms with E-state index in [1.807, 2.05) is 0 Å². The second kappa shape index (κ2) is 5.45. The van der Waals surface area contributed by atoms with E-state index in [0.29, 0.717) is 6.04 Å². The fourth-order valence-electron chi connectivity index (χ4n) is 2.46. The van der Waals surface area contributed by atoms with Gasteiger partial charge in [-0.2, -0.15) is 0 Å². The van der Waals surface area contributed by atoms with E-state index in [4.69, 9.17) is 14.2 Å². The predicted octanol–water partition coefficient (Wildman–Crippen LogP) is 1.30. The number of rotatable bonds is 4. The first-order chi connectivity index (χ1) is 7.74. The summed E-state index contributed by atoms with van der Waals surface area (Å²) in [5.41, 5.74) is 0. The highest BCUT2D eigenvalue weighted by atomic mass is 16.7. The first kappa shape index (κ1) is 12.3. The predicted molar refractivity (Wildman–Crippen MR) is 61.4 cm³/mol. The molecule has 0 radical (unpaired) electrons. The van der Waals surface area contributed by atoms with Crippen molar-refractivity contribution in [1.29, 1.82) is 0 Å². The van der Waals surface area contributed by atoms with Crippen LogP contribution < -0.4 is 5.32 Å². The minimum atomic E-state index is -0.231. The molecule has 94 valence electrons. The van der Waals surface area contributed by atoms with E-state index >= 15 is 0 Å². The van der Waals surface area contributed by atoms with Crippen molar-refractivity contribution in [1.82, 2.24) is 5.32 Å². The lowest BCUT2D eigenvalue weighted by atomic mass is 9.90. The molecule has 1 heterocycles. The van der Waals surface area contributed by atoms with Crippen molar-refractivity contribution in [3.63, 3.8) is 0 Å². The maximum Gasteiger partial charge on any atom is 0.168 e. The van der Waals surface area contributed by atoms with Crippen LogP contribution in [0, 0.1) is 0 Å². The molecule has 4 nitrogen and oxygen atoms in total. The summed E-state index contributed by atoms with van der Waals surface area (Å²) >= 11 is 0. The zero-order valence-corrected chi connectivity index (χ0v) is 10.3. The van der Waals surface area contributed by atoms with Gasteiger partial charge >= 0.3 is 0 Å². The Labute approximate surface area is 97.6 Å². The first-order valence-electron chi connectivity index (χ1n) is 6.28. The summed E-state index contributed by atoms with van der Waals surface area (Å²) in [6, 6.07) is 0.594. The van der Waals surface area contributed by atoms with Crippen molar-refractivity contribution >= 4 is 0 Å². The third-order valence-corrected chi connectivity index (χ3v) is 3.66. The lowest BCUT2D eigenvalue weighted by molar-refractivity contribution is -0.179. The van der Waals surface area contributed by atoms with E-state index < -0.39 is 0 Å². The van der Waals surface area contributed by atoms with Gasteiger partial charge in [-0.3, -0.25) is 0 Å². The maximum absolute atomic E-state index is 5.70. The summed E-state index contributed by atoms with van der Waals surface area (Å²) in [7, 11) is 1.75. The zero-order chi connectivity index (χ0) is 11.4. The molecule has 0 amide bonds. The third-order valence-electron chi connectivity index (χ3n) is 3.66. The molecular weight excluding hydrogens is 206 g/mol. The van der Waals surface area contributed by atoms with Crippen LogP contribution in [0.3, 0.4) is 0 Å². The van der Waals surface area contributed by atoms with Crippen LogP contribution in [0.2, 0.25) is 0 Å². The number of nitrogens with one attached hydrogen (secondary N) is 1. The van der Waals surface area contributed by atoms with Gasteiger partial charge in [-0.05, 0) is 19.8 Å². The first-order valence-corrected chi connectivity index (χ1v) is 6.28. The van der Waals surface area contributed by atoms with Gasteiger partial charge in [0.25, 0.3) is 0 Å². The number of hydrogen-bond donors (Lipinski definition) is 1. The van der Waals surface area contributed by atoms with Gasteiger partial charge in [-0.1, -0.05) is 0 Å². The quantitative estimate of drug-likeness (QED) is 0.788. The van der Waals surface area contributed by atoms with Crippen molar-refractivity contribution in [3.05, 3.63) is 0 Å². The second-order valence-corrected chi connectivity index (χ2v) is 4.84. The Hall–Kier alpha value is -0.160. The van der Waals surface area contributed by atoms with Gasteiger partial charge in [0.2, 0.25) is 0 Å².